The van der Waals surface area contributed by atoms with Gasteiger partial charge in [0.15, 0.2) is 0 Å². The zero-order valence-corrected chi connectivity index (χ0v) is 11.6. The summed E-state index contributed by atoms with van der Waals surface area (Å²) in [6, 6.07) is 7.95. The number of benzene rings is 1. The van der Waals surface area contributed by atoms with Crippen LogP contribution in [0.2, 0.25) is 0 Å². The number of rotatable bonds is 0. The summed E-state index contributed by atoms with van der Waals surface area (Å²) in [6.45, 7) is 1.92. The van der Waals surface area contributed by atoms with Crippen LogP contribution >= 0.6 is 0 Å². The molecule has 0 bridgehead atoms. The minimum Gasteiger partial charge on any atom is -0.304 e. The lowest BCUT2D eigenvalue weighted by molar-refractivity contribution is 0.372. The highest BCUT2D eigenvalue weighted by molar-refractivity contribution is 7.90. The van der Waals surface area contributed by atoms with Crippen LogP contribution in [0.5, 0.6) is 0 Å². The molecule has 1 saturated heterocycles. The smallest absolute Gasteiger partial charge is 0.225 e. The first kappa shape index (κ1) is 12.1. The monoisotopic (exact) mass is 266 g/mol. The van der Waals surface area contributed by atoms with Crippen LogP contribution in [0, 0.1) is 0 Å². The minimum atomic E-state index is -3.26. The van der Waals surface area contributed by atoms with E-state index in [-0.39, 0.29) is 0 Å². The fourth-order valence-electron chi connectivity index (χ4n) is 3.26. The number of likely N-dealkylation sites (N-methyl/N-ethyl adjacent to an activating group) is 1. The van der Waals surface area contributed by atoms with E-state index in [4.69, 9.17) is 0 Å². The summed E-state index contributed by atoms with van der Waals surface area (Å²) in [6.07, 6.45) is 0.688. The lowest BCUT2D eigenvalue weighted by atomic mass is 9.92. The first-order valence-electron chi connectivity index (χ1n) is 6.20. The summed E-state index contributed by atoms with van der Waals surface area (Å²) in [7, 11) is 0.417. The lowest BCUT2D eigenvalue weighted by Crippen LogP contribution is -2.50. The summed E-state index contributed by atoms with van der Waals surface area (Å²) in [5.74, 6) is 0. The van der Waals surface area contributed by atoms with Crippen LogP contribution in [0.4, 0.5) is 0 Å². The largest absolute Gasteiger partial charge is 0.304 e. The molecular formula is C13H18N2O2S. The highest BCUT2D eigenvalue weighted by atomic mass is 32.2. The van der Waals surface area contributed by atoms with Gasteiger partial charge in [-0.05, 0) is 31.1 Å². The first-order valence-corrected chi connectivity index (χ1v) is 7.64. The maximum absolute atomic E-state index is 12.7. The van der Waals surface area contributed by atoms with E-state index in [1.807, 2.05) is 31.3 Å². The van der Waals surface area contributed by atoms with Gasteiger partial charge in [-0.25, -0.2) is 8.42 Å². The van der Waals surface area contributed by atoms with Crippen molar-refractivity contribution in [3.63, 3.8) is 0 Å². The Morgan fingerprint density at radius 3 is 2.61 bits per heavy atom. The standard InChI is InChI=1S/C13H18N2O2S/c1-14-8-7-13(10-14)12-6-4-3-5-11(12)9-15(2)18(13,16)17/h3-6H,7-10H2,1-2H3. The summed E-state index contributed by atoms with van der Waals surface area (Å²) >= 11 is 0. The molecule has 1 fully saturated rings. The van der Waals surface area contributed by atoms with Crippen molar-refractivity contribution in [1.82, 2.24) is 9.21 Å². The molecule has 0 aromatic heterocycles. The van der Waals surface area contributed by atoms with Gasteiger partial charge in [0, 0.05) is 20.1 Å². The SMILES string of the molecule is CN1CCC2(C1)c1ccccc1CN(C)S2(=O)=O. The lowest BCUT2D eigenvalue weighted by Gasteiger charge is -2.39. The van der Waals surface area contributed by atoms with Crippen LogP contribution in [-0.2, 0) is 21.3 Å². The zero-order valence-electron chi connectivity index (χ0n) is 10.8. The van der Waals surface area contributed by atoms with Crippen molar-refractivity contribution in [1.29, 1.82) is 0 Å². The van der Waals surface area contributed by atoms with Crippen molar-refractivity contribution in [2.24, 2.45) is 0 Å². The quantitative estimate of drug-likeness (QED) is 0.703. The van der Waals surface area contributed by atoms with Crippen LogP contribution in [0.15, 0.2) is 24.3 Å². The van der Waals surface area contributed by atoms with Gasteiger partial charge in [0.1, 0.15) is 4.75 Å². The molecule has 0 N–H and O–H groups in total. The van der Waals surface area contributed by atoms with E-state index in [1.165, 1.54) is 4.31 Å². The molecular weight excluding hydrogens is 248 g/mol. The first-order chi connectivity index (χ1) is 8.47. The normalized spacial score (nSPS) is 31.7. The maximum atomic E-state index is 12.7. The molecule has 2 aliphatic heterocycles. The molecule has 0 saturated carbocycles. The number of likely N-dealkylation sites (tertiary alicyclic amines) is 1. The van der Waals surface area contributed by atoms with E-state index in [0.29, 0.717) is 19.5 Å². The molecule has 2 heterocycles. The van der Waals surface area contributed by atoms with Gasteiger partial charge < -0.3 is 4.90 Å². The second kappa shape index (κ2) is 3.79. The molecule has 4 nitrogen and oxygen atoms in total. The molecule has 1 aromatic rings. The third-order valence-corrected chi connectivity index (χ3v) is 6.72. The molecule has 0 amide bonds. The second-order valence-electron chi connectivity index (χ2n) is 5.40. The topological polar surface area (TPSA) is 40.6 Å². The van der Waals surface area contributed by atoms with Gasteiger partial charge in [0.2, 0.25) is 10.0 Å². The Morgan fingerprint density at radius 2 is 1.94 bits per heavy atom. The Labute approximate surface area is 108 Å². The molecule has 1 spiro atoms. The molecule has 1 aromatic carbocycles. The van der Waals surface area contributed by atoms with E-state index < -0.39 is 14.8 Å². The van der Waals surface area contributed by atoms with Crippen LogP contribution < -0.4 is 0 Å². The van der Waals surface area contributed by atoms with Crippen molar-refractivity contribution in [2.75, 3.05) is 27.2 Å². The van der Waals surface area contributed by atoms with Crippen LogP contribution in [-0.4, -0.2) is 44.8 Å². The Hall–Kier alpha value is -0.910. The van der Waals surface area contributed by atoms with Gasteiger partial charge in [-0.15, -0.1) is 0 Å². The highest BCUT2D eigenvalue weighted by Crippen LogP contribution is 2.45. The maximum Gasteiger partial charge on any atom is 0.225 e. The van der Waals surface area contributed by atoms with Crippen molar-refractivity contribution in [3.05, 3.63) is 35.4 Å². The van der Waals surface area contributed by atoms with E-state index in [0.717, 1.165) is 17.7 Å². The molecule has 1 atom stereocenters. The summed E-state index contributed by atoms with van der Waals surface area (Å²) in [5.41, 5.74) is 2.15. The van der Waals surface area contributed by atoms with Gasteiger partial charge >= 0.3 is 0 Å². The minimum absolute atomic E-state index is 0.490. The highest BCUT2D eigenvalue weighted by Gasteiger charge is 2.54. The van der Waals surface area contributed by atoms with Gasteiger partial charge in [-0.3, -0.25) is 0 Å². The summed E-state index contributed by atoms with van der Waals surface area (Å²) in [4.78, 5) is 2.10. The van der Waals surface area contributed by atoms with E-state index >= 15 is 0 Å². The van der Waals surface area contributed by atoms with Gasteiger partial charge in [0.05, 0.1) is 0 Å². The third kappa shape index (κ3) is 1.41. The molecule has 0 aliphatic carbocycles. The predicted octanol–water partition coefficient (Wildman–Crippen LogP) is 0.993. The fourth-order valence-corrected chi connectivity index (χ4v) is 5.38. The molecule has 5 heteroatoms. The Bertz CT molecular complexity index is 584. The van der Waals surface area contributed by atoms with Crippen molar-refractivity contribution in [2.45, 2.75) is 17.7 Å². The van der Waals surface area contributed by atoms with Crippen LogP contribution in [0.3, 0.4) is 0 Å². The average molecular weight is 266 g/mol. The summed E-state index contributed by atoms with van der Waals surface area (Å²) in [5, 5.41) is 0. The molecule has 3 rings (SSSR count). The van der Waals surface area contributed by atoms with Crippen molar-refractivity contribution >= 4 is 10.0 Å². The summed E-state index contributed by atoms with van der Waals surface area (Å²) < 4.78 is 26.3. The van der Waals surface area contributed by atoms with Crippen LogP contribution in [0.1, 0.15) is 17.5 Å². The Kier molecular flexibility index (Phi) is 2.56. The van der Waals surface area contributed by atoms with E-state index in [1.54, 1.807) is 7.05 Å². The average Bonchev–Trinajstić information content (AvgIpc) is 2.72. The molecule has 1 unspecified atom stereocenters. The number of fused-ring (bicyclic) bond motifs is 2. The van der Waals surface area contributed by atoms with Gasteiger partial charge in [0.25, 0.3) is 0 Å². The third-order valence-electron chi connectivity index (χ3n) is 4.23. The van der Waals surface area contributed by atoms with Gasteiger partial charge in [-0.1, -0.05) is 24.3 Å². The fraction of sp³-hybridized carbons (Fsp3) is 0.538. The molecule has 18 heavy (non-hydrogen) atoms. The molecule has 0 radical (unpaired) electrons. The molecule has 2 aliphatic rings. The number of sulfonamides is 1. The zero-order chi connectivity index (χ0) is 13.0. The number of nitrogens with zero attached hydrogens (tertiary/aromatic N) is 2. The number of hydrogen-bond acceptors (Lipinski definition) is 3. The molecule has 98 valence electrons. The second-order valence-corrected chi connectivity index (χ2v) is 7.76. The van der Waals surface area contributed by atoms with E-state index in [9.17, 15) is 8.42 Å². The Balaban J connectivity index is 2.26. The Morgan fingerprint density at radius 1 is 1.22 bits per heavy atom. The number of hydrogen-bond donors (Lipinski definition) is 0. The van der Waals surface area contributed by atoms with Crippen LogP contribution in [0.25, 0.3) is 0 Å². The van der Waals surface area contributed by atoms with Crippen molar-refractivity contribution < 1.29 is 8.42 Å². The van der Waals surface area contributed by atoms with Crippen molar-refractivity contribution in [3.8, 4) is 0 Å². The van der Waals surface area contributed by atoms with Gasteiger partial charge in [-0.2, -0.15) is 4.31 Å². The van der Waals surface area contributed by atoms with E-state index in [2.05, 4.69) is 4.90 Å². The predicted molar refractivity (Wildman–Crippen MR) is 70.6 cm³/mol.